The lowest BCUT2D eigenvalue weighted by Gasteiger charge is -2.65. The van der Waals surface area contributed by atoms with Crippen LogP contribution in [0, 0.1) is 5.92 Å². The molecule has 8 rings (SSSR count). The van der Waals surface area contributed by atoms with Crippen molar-refractivity contribution in [1.29, 1.82) is 0 Å². The van der Waals surface area contributed by atoms with Crippen LogP contribution in [0.3, 0.4) is 0 Å². The number of rotatable bonds is 9. The van der Waals surface area contributed by atoms with Crippen LogP contribution in [-0.2, 0) is 29.2 Å². The number of halogens is 3. The fourth-order valence-corrected chi connectivity index (χ4v) is 9.34. The third kappa shape index (κ3) is 5.04. The lowest BCUT2D eigenvalue weighted by Crippen LogP contribution is -2.78. The van der Waals surface area contributed by atoms with Gasteiger partial charge in [-0.1, -0.05) is 48.5 Å². The van der Waals surface area contributed by atoms with Crippen LogP contribution in [0.2, 0.25) is 0 Å². The Labute approximate surface area is 279 Å². The van der Waals surface area contributed by atoms with E-state index in [0.717, 1.165) is 42.8 Å². The summed E-state index contributed by atoms with van der Waals surface area (Å²) in [6.45, 7) is 2.24. The minimum Gasteiger partial charge on any atom is -0.493 e. The number of benzene rings is 3. The molecule has 5 aliphatic rings. The SMILES string of the molecule is COc1ccc2c3c1OC1C(N(CCc4ccccc4)C(=O)/C=C/c4cccc(C(F)(F)F)c4)CC[C@@]4(O)[C@@H](C2)N(CC2CC2)CC[C@]314. The number of amides is 1. The van der Waals surface area contributed by atoms with Gasteiger partial charge in [0, 0.05) is 30.8 Å². The molecule has 3 aliphatic carbocycles. The molecule has 252 valence electrons. The Morgan fingerprint density at radius 1 is 1.08 bits per heavy atom. The van der Waals surface area contributed by atoms with Gasteiger partial charge in [-0.05, 0) is 98.4 Å². The predicted octanol–water partition coefficient (Wildman–Crippen LogP) is 6.43. The van der Waals surface area contributed by atoms with Crippen LogP contribution in [0.4, 0.5) is 13.2 Å². The molecule has 0 aromatic heterocycles. The maximum Gasteiger partial charge on any atom is 0.416 e. The Kier molecular flexibility index (Phi) is 7.64. The molecule has 2 bridgehead atoms. The highest BCUT2D eigenvalue weighted by molar-refractivity contribution is 5.92. The number of alkyl halides is 3. The van der Waals surface area contributed by atoms with Gasteiger partial charge in [0.25, 0.3) is 0 Å². The first-order valence-electron chi connectivity index (χ1n) is 17.2. The average Bonchev–Trinajstić information content (AvgIpc) is 3.83. The summed E-state index contributed by atoms with van der Waals surface area (Å²) in [6.07, 6.45) is 3.46. The molecule has 3 aromatic rings. The van der Waals surface area contributed by atoms with Crippen molar-refractivity contribution in [1.82, 2.24) is 9.80 Å². The topological polar surface area (TPSA) is 62.2 Å². The number of hydrogen-bond acceptors (Lipinski definition) is 5. The predicted molar refractivity (Wildman–Crippen MR) is 176 cm³/mol. The maximum absolute atomic E-state index is 14.3. The van der Waals surface area contributed by atoms with Gasteiger partial charge in [0.05, 0.1) is 29.7 Å². The first-order chi connectivity index (χ1) is 23.1. The van der Waals surface area contributed by atoms with Crippen molar-refractivity contribution in [2.75, 3.05) is 26.7 Å². The summed E-state index contributed by atoms with van der Waals surface area (Å²) in [6, 6.07) is 18.6. The zero-order chi connectivity index (χ0) is 33.3. The van der Waals surface area contributed by atoms with E-state index in [1.54, 1.807) is 13.2 Å². The molecule has 2 aliphatic heterocycles. The van der Waals surface area contributed by atoms with Crippen molar-refractivity contribution in [3.05, 3.63) is 101 Å². The first kappa shape index (κ1) is 31.4. The first-order valence-corrected chi connectivity index (χ1v) is 17.2. The third-order valence-corrected chi connectivity index (χ3v) is 11.7. The highest BCUT2D eigenvalue weighted by atomic mass is 19.4. The van der Waals surface area contributed by atoms with E-state index in [0.29, 0.717) is 55.2 Å². The molecule has 1 spiro atoms. The van der Waals surface area contributed by atoms with E-state index in [-0.39, 0.29) is 18.0 Å². The van der Waals surface area contributed by atoms with Crippen LogP contribution in [0.25, 0.3) is 6.08 Å². The minimum absolute atomic E-state index is 0.0416. The second-order valence-electron chi connectivity index (χ2n) is 14.3. The molecule has 1 amide bonds. The summed E-state index contributed by atoms with van der Waals surface area (Å²) in [4.78, 5) is 18.6. The molecule has 3 aromatic carbocycles. The summed E-state index contributed by atoms with van der Waals surface area (Å²) in [7, 11) is 1.63. The number of carbonyl (C=O) groups is 1. The van der Waals surface area contributed by atoms with Gasteiger partial charge in [0.15, 0.2) is 11.5 Å². The molecule has 5 atom stereocenters. The van der Waals surface area contributed by atoms with Gasteiger partial charge in [-0.2, -0.15) is 13.2 Å². The lowest BCUT2D eigenvalue weighted by atomic mass is 9.48. The number of piperidine rings is 1. The standard InChI is InChI=1S/C39H41F3N2O4/c1-47-31-14-13-28-23-32-38(46)18-16-30(36-37(38,34(28)35(31)48-36)19-21-43(32)24-27-10-11-27)44(20-17-25-6-3-2-4-7-25)33(45)15-12-26-8-5-9-29(22-26)39(40,41)42/h2-9,12-15,22,27,30,32,36,46H,10-11,16-21,23-24H2,1H3/b15-12+/t30?,32-,36?,37+,38-/m1/s1. The zero-order valence-electron chi connectivity index (χ0n) is 27.1. The van der Waals surface area contributed by atoms with Gasteiger partial charge >= 0.3 is 6.18 Å². The fraction of sp³-hybridized carbons (Fsp3) is 0.462. The van der Waals surface area contributed by atoms with Crippen LogP contribution < -0.4 is 9.47 Å². The third-order valence-electron chi connectivity index (χ3n) is 11.7. The number of nitrogens with zero attached hydrogens (tertiary/aromatic N) is 2. The van der Waals surface area contributed by atoms with Gasteiger partial charge in [-0.3, -0.25) is 9.69 Å². The van der Waals surface area contributed by atoms with Gasteiger partial charge in [0.1, 0.15) is 6.10 Å². The second kappa shape index (κ2) is 11.7. The zero-order valence-corrected chi connectivity index (χ0v) is 27.1. The Balaban J connectivity index is 1.18. The van der Waals surface area contributed by atoms with Crippen LogP contribution in [-0.4, -0.2) is 71.3 Å². The summed E-state index contributed by atoms with van der Waals surface area (Å²) in [5.41, 5.74) is 1.09. The molecule has 2 heterocycles. The fourth-order valence-electron chi connectivity index (χ4n) is 9.34. The molecule has 9 heteroatoms. The monoisotopic (exact) mass is 658 g/mol. The van der Waals surface area contributed by atoms with Crippen LogP contribution >= 0.6 is 0 Å². The molecule has 2 saturated carbocycles. The summed E-state index contributed by atoms with van der Waals surface area (Å²) < 4.78 is 53.1. The van der Waals surface area contributed by atoms with Crippen molar-refractivity contribution in [2.45, 2.75) is 80.3 Å². The molecule has 3 fully saturated rings. The second-order valence-corrected chi connectivity index (χ2v) is 14.3. The summed E-state index contributed by atoms with van der Waals surface area (Å²) in [5.74, 6) is 1.70. The van der Waals surface area contributed by atoms with Crippen molar-refractivity contribution in [2.24, 2.45) is 5.92 Å². The summed E-state index contributed by atoms with van der Waals surface area (Å²) in [5, 5.41) is 13.0. The van der Waals surface area contributed by atoms with Gasteiger partial charge in [0.2, 0.25) is 5.91 Å². The van der Waals surface area contributed by atoms with Crippen LogP contribution in [0.5, 0.6) is 11.5 Å². The normalized spacial score (nSPS) is 29.0. The molecule has 2 unspecified atom stereocenters. The Morgan fingerprint density at radius 2 is 1.90 bits per heavy atom. The number of likely N-dealkylation sites (tertiary alicyclic amines) is 1. The Morgan fingerprint density at radius 3 is 2.65 bits per heavy atom. The Bertz CT molecular complexity index is 1740. The highest BCUT2D eigenvalue weighted by Gasteiger charge is 2.73. The molecule has 1 saturated heterocycles. The minimum atomic E-state index is -4.48. The maximum atomic E-state index is 14.3. The molecule has 6 nitrogen and oxygen atoms in total. The molecular formula is C39H41F3N2O4. The lowest BCUT2D eigenvalue weighted by molar-refractivity contribution is -0.201. The number of methoxy groups -OCH3 is 1. The van der Waals surface area contributed by atoms with Crippen molar-refractivity contribution < 1.29 is 32.5 Å². The van der Waals surface area contributed by atoms with Crippen LogP contribution in [0.15, 0.2) is 72.8 Å². The van der Waals surface area contributed by atoms with Gasteiger partial charge in [-0.25, -0.2) is 0 Å². The highest BCUT2D eigenvalue weighted by Crippen LogP contribution is 2.66. The quantitative estimate of drug-likeness (QED) is 0.269. The van der Waals surface area contributed by atoms with Crippen molar-refractivity contribution in [3.63, 3.8) is 0 Å². The van der Waals surface area contributed by atoms with Gasteiger partial charge < -0.3 is 19.5 Å². The van der Waals surface area contributed by atoms with E-state index in [1.165, 1.54) is 36.6 Å². The van der Waals surface area contributed by atoms with Crippen molar-refractivity contribution in [3.8, 4) is 11.5 Å². The number of aliphatic hydroxyl groups is 1. The van der Waals surface area contributed by atoms with E-state index in [1.807, 2.05) is 41.3 Å². The Hall–Kier alpha value is -3.82. The van der Waals surface area contributed by atoms with E-state index >= 15 is 0 Å². The van der Waals surface area contributed by atoms with E-state index in [2.05, 4.69) is 11.0 Å². The molecular weight excluding hydrogens is 617 g/mol. The molecule has 0 radical (unpaired) electrons. The van der Waals surface area contributed by atoms with E-state index < -0.39 is 28.9 Å². The smallest absolute Gasteiger partial charge is 0.416 e. The van der Waals surface area contributed by atoms with Crippen LogP contribution in [0.1, 0.15) is 59.9 Å². The van der Waals surface area contributed by atoms with Gasteiger partial charge in [-0.15, -0.1) is 0 Å². The van der Waals surface area contributed by atoms with E-state index in [4.69, 9.17) is 9.47 Å². The number of hydrogen-bond donors (Lipinski definition) is 1. The number of carbonyl (C=O) groups excluding carboxylic acids is 1. The molecule has 48 heavy (non-hydrogen) atoms. The average molecular weight is 659 g/mol. The number of ether oxygens (including phenoxy) is 2. The summed E-state index contributed by atoms with van der Waals surface area (Å²) >= 11 is 0. The van der Waals surface area contributed by atoms with Crippen molar-refractivity contribution >= 4 is 12.0 Å². The largest absolute Gasteiger partial charge is 0.493 e. The van der Waals surface area contributed by atoms with E-state index in [9.17, 15) is 23.1 Å². The molecule has 1 N–H and O–H groups in total.